The van der Waals surface area contributed by atoms with Gasteiger partial charge in [0.1, 0.15) is 5.82 Å². The zero-order valence-electron chi connectivity index (χ0n) is 51.1. The average molecular weight is 1200 g/mol. The van der Waals surface area contributed by atoms with Gasteiger partial charge in [0.05, 0.1) is 38.8 Å². The Labute approximate surface area is 543 Å². The standard InChI is InChI=1S/C86H58N8/c1-7-25-62(26-8-1)89(69-47-50-82-75(55-69)72-37-19-22-40-79(72)92(82)65-31-13-4-14-32-65)68-46-45-59-53-61(44-43-60(59)54-68)78-58-85(90(63-27-9-2-10-28-63)70-48-51-83-76(56-70)73-38-20-23-41-80(73)93(83)66-33-15-5-16-34-66)88-86(87-78)91(64-29-11-3-12-30-64)71-49-52-84-77(57-71)74-39-21-24-42-81(74)94(84)67-35-17-6-18-36-67/h1-58H. The van der Waals surface area contributed by atoms with Crippen molar-refractivity contribution in [3.8, 4) is 28.3 Å². The van der Waals surface area contributed by atoms with Crippen LogP contribution in [0.1, 0.15) is 0 Å². The largest absolute Gasteiger partial charge is 0.310 e. The van der Waals surface area contributed by atoms with E-state index in [-0.39, 0.29) is 0 Å². The Bertz CT molecular complexity index is 5650. The summed E-state index contributed by atoms with van der Waals surface area (Å²) < 4.78 is 7.09. The van der Waals surface area contributed by atoms with Gasteiger partial charge in [0, 0.05) is 101 Å². The topological polar surface area (TPSA) is 50.3 Å². The number of aromatic nitrogens is 5. The van der Waals surface area contributed by atoms with Gasteiger partial charge in [-0.1, -0.05) is 182 Å². The zero-order valence-corrected chi connectivity index (χ0v) is 51.1. The van der Waals surface area contributed by atoms with Gasteiger partial charge in [-0.3, -0.25) is 9.80 Å². The van der Waals surface area contributed by atoms with E-state index < -0.39 is 0 Å². The lowest BCUT2D eigenvalue weighted by molar-refractivity contribution is 1.06. The molecule has 0 aliphatic carbocycles. The van der Waals surface area contributed by atoms with Gasteiger partial charge in [-0.25, -0.2) is 4.98 Å². The van der Waals surface area contributed by atoms with E-state index in [1.807, 2.05) is 0 Å². The molecule has 18 aromatic rings. The highest BCUT2D eigenvalue weighted by Crippen LogP contribution is 2.46. The highest BCUT2D eigenvalue weighted by Gasteiger charge is 2.26. The summed E-state index contributed by atoms with van der Waals surface area (Å²) in [6, 6.07) is 126. The van der Waals surface area contributed by atoms with Crippen molar-refractivity contribution < 1.29 is 0 Å². The van der Waals surface area contributed by atoms with Gasteiger partial charge >= 0.3 is 0 Å². The van der Waals surface area contributed by atoms with E-state index in [0.717, 1.165) is 123 Å². The van der Waals surface area contributed by atoms with Gasteiger partial charge in [0.15, 0.2) is 0 Å². The molecule has 4 heterocycles. The molecule has 0 radical (unpaired) electrons. The van der Waals surface area contributed by atoms with Crippen LogP contribution in [0.2, 0.25) is 0 Å². The van der Waals surface area contributed by atoms with Crippen molar-refractivity contribution in [2.45, 2.75) is 0 Å². The summed E-state index contributed by atoms with van der Waals surface area (Å²) in [6.45, 7) is 0. The van der Waals surface area contributed by atoms with Gasteiger partial charge < -0.3 is 18.6 Å². The fourth-order valence-corrected chi connectivity index (χ4v) is 14.2. The number of para-hydroxylation sites is 9. The molecule has 94 heavy (non-hydrogen) atoms. The monoisotopic (exact) mass is 1200 g/mol. The first-order chi connectivity index (χ1) is 46.6. The van der Waals surface area contributed by atoms with E-state index in [9.17, 15) is 0 Å². The molecule has 0 spiro atoms. The molecule has 18 rings (SSSR count). The summed E-state index contributed by atoms with van der Waals surface area (Å²) in [5.74, 6) is 1.23. The molecule has 14 aromatic carbocycles. The van der Waals surface area contributed by atoms with Crippen LogP contribution in [-0.2, 0) is 0 Å². The molecule has 8 heteroatoms. The molecular weight excluding hydrogens is 1150 g/mol. The highest BCUT2D eigenvalue weighted by atomic mass is 15.3. The molecule has 0 bridgehead atoms. The third kappa shape index (κ3) is 9.22. The molecule has 442 valence electrons. The van der Waals surface area contributed by atoms with E-state index in [1.54, 1.807) is 0 Å². The molecule has 0 saturated carbocycles. The Morgan fingerprint density at radius 1 is 0.213 bits per heavy atom. The second-order valence-corrected chi connectivity index (χ2v) is 23.8. The lowest BCUT2D eigenvalue weighted by atomic mass is 10.0. The molecule has 0 amide bonds. The molecule has 4 aromatic heterocycles. The predicted octanol–water partition coefficient (Wildman–Crippen LogP) is 23.0. The van der Waals surface area contributed by atoms with Gasteiger partial charge in [-0.15, -0.1) is 0 Å². The molecule has 0 aliphatic heterocycles. The fourth-order valence-electron chi connectivity index (χ4n) is 14.2. The number of hydrogen-bond acceptors (Lipinski definition) is 5. The van der Waals surface area contributed by atoms with E-state index >= 15 is 0 Å². The number of anilines is 9. The Hall–Kier alpha value is -12.8. The Balaban J connectivity index is 0.823. The van der Waals surface area contributed by atoms with Gasteiger partial charge in [-0.05, 0) is 175 Å². The normalized spacial score (nSPS) is 11.6. The molecule has 0 fully saturated rings. The fraction of sp³-hybridized carbons (Fsp3) is 0. The smallest absolute Gasteiger partial charge is 0.237 e. The second-order valence-electron chi connectivity index (χ2n) is 23.8. The lowest BCUT2D eigenvalue weighted by Gasteiger charge is -2.28. The summed E-state index contributed by atoms with van der Waals surface area (Å²) in [5, 5.41) is 9.16. The Kier molecular flexibility index (Phi) is 13.0. The third-order valence-electron chi connectivity index (χ3n) is 18.3. The number of rotatable bonds is 13. The van der Waals surface area contributed by atoms with Crippen molar-refractivity contribution in [2.24, 2.45) is 0 Å². The van der Waals surface area contributed by atoms with Crippen molar-refractivity contribution in [2.75, 3.05) is 14.7 Å². The first-order valence-corrected chi connectivity index (χ1v) is 31.9. The Morgan fingerprint density at radius 3 is 1.00 bits per heavy atom. The van der Waals surface area contributed by atoms with E-state index in [4.69, 9.17) is 9.97 Å². The van der Waals surface area contributed by atoms with Crippen LogP contribution in [0, 0.1) is 0 Å². The maximum Gasteiger partial charge on any atom is 0.237 e. The van der Waals surface area contributed by atoms with Crippen molar-refractivity contribution in [1.82, 2.24) is 23.7 Å². The quantitative estimate of drug-likeness (QED) is 0.115. The van der Waals surface area contributed by atoms with Crippen molar-refractivity contribution >= 4 is 128 Å². The second kappa shape index (κ2) is 22.6. The third-order valence-corrected chi connectivity index (χ3v) is 18.3. The van der Waals surface area contributed by atoms with E-state index in [2.05, 4.69) is 380 Å². The number of fused-ring (bicyclic) bond motifs is 10. The van der Waals surface area contributed by atoms with Crippen LogP contribution < -0.4 is 14.7 Å². The van der Waals surface area contributed by atoms with Crippen LogP contribution >= 0.6 is 0 Å². The maximum absolute atomic E-state index is 5.78. The number of benzene rings is 14. The summed E-state index contributed by atoms with van der Waals surface area (Å²) >= 11 is 0. The molecular formula is C86H58N8. The molecule has 8 nitrogen and oxygen atoms in total. The van der Waals surface area contributed by atoms with Crippen molar-refractivity contribution in [1.29, 1.82) is 0 Å². The summed E-state index contributed by atoms with van der Waals surface area (Å²) in [7, 11) is 0. The van der Waals surface area contributed by atoms with Gasteiger partial charge in [0.2, 0.25) is 5.95 Å². The predicted molar refractivity (Wildman–Crippen MR) is 392 cm³/mol. The van der Waals surface area contributed by atoms with E-state index in [1.165, 1.54) is 21.7 Å². The van der Waals surface area contributed by atoms with Crippen molar-refractivity contribution in [3.05, 3.63) is 352 Å². The zero-order chi connectivity index (χ0) is 62.1. The number of hydrogen-bond donors (Lipinski definition) is 0. The van der Waals surface area contributed by atoms with Crippen LogP contribution in [0.5, 0.6) is 0 Å². The first-order valence-electron chi connectivity index (χ1n) is 31.9. The van der Waals surface area contributed by atoms with Crippen LogP contribution in [-0.4, -0.2) is 23.7 Å². The minimum absolute atomic E-state index is 0.519. The molecule has 0 atom stereocenters. The van der Waals surface area contributed by atoms with Gasteiger partial charge in [-0.2, -0.15) is 4.98 Å². The minimum atomic E-state index is 0.519. The van der Waals surface area contributed by atoms with Gasteiger partial charge in [0.25, 0.3) is 0 Å². The lowest BCUT2D eigenvalue weighted by Crippen LogP contribution is -2.17. The molecule has 0 N–H and O–H groups in total. The summed E-state index contributed by atoms with van der Waals surface area (Å²) in [6.07, 6.45) is 0. The minimum Gasteiger partial charge on any atom is -0.310 e. The molecule has 0 aliphatic rings. The summed E-state index contributed by atoms with van der Waals surface area (Å²) in [5.41, 5.74) is 18.9. The first kappa shape index (κ1) is 54.2. The summed E-state index contributed by atoms with van der Waals surface area (Å²) in [4.78, 5) is 18.4. The maximum atomic E-state index is 5.78. The van der Waals surface area contributed by atoms with Crippen LogP contribution in [0.25, 0.3) is 105 Å². The number of nitrogens with zero attached hydrogens (tertiary/aromatic N) is 8. The Morgan fingerprint density at radius 2 is 0.543 bits per heavy atom. The van der Waals surface area contributed by atoms with E-state index in [0.29, 0.717) is 11.8 Å². The molecule has 0 saturated heterocycles. The average Bonchev–Trinajstić information content (AvgIpc) is 1.56. The highest BCUT2D eigenvalue weighted by molar-refractivity contribution is 6.13. The SMILES string of the molecule is c1ccc(N(c2ccc3cc(-c4cc(N(c5ccccc5)c5ccc6c(c5)c5ccccc5n6-c5ccccc5)nc(N(c5ccccc5)c5ccc6c(c5)c5ccccc5n6-c5ccccc5)n4)ccc3c2)c2ccc3c(c2)c2ccccc2n3-c2ccccc2)cc1. The van der Waals surface area contributed by atoms with Crippen LogP contribution in [0.3, 0.4) is 0 Å². The van der Waals surface area contributed by atoms with Crippen LogP contribution in [0.15, 0.2) is 352 Å². The van der Waals surface area contributed by atoms with Crippen molar-refractivity contribution in [3.63, 3.8) is 0 Å². The van der Waals surface area contributed by atoms with Crippen LogP contribution in [0.4, 0.5) is 51.6 Å². The molecule has 0 unspecified atom stereocenters.